The van der Waals surface area contributed by atoms with Crippen LogP contribution < -0.4 is 0 Å². The molecule has 0 aliphatic carbocycles. The number of thioether (sulfide) groups is 1. The lowest BCUT2D eigenvalue weighted by atomic mass is 10.2. The van der Waals surface area contributed by atoms with E-state index in [4.69, 9.17) is 17.3 Å². The number of hydrogen-bond acceptors (Lipinski definition) is 4. The molecule has 1 saturated heterocycles. The lowest BCUT2D eigenvalue weighted by Gasteiger charge is -2.10. The first-order chi connectivity index (χ1) is 8.99. The van der Waals surface area contributed by atoms with E-state index in [1.54, 1.807) is 6.08 Å². The minimum Gasteiger partial charge on any atom is -0.480 e. The first-order valence-corrected chi connectivity index (χ1v) is 7.22. The Morgan fingerprint density at radius 2 is 2.16 bits per heavy atom. The second kappa shape index (κ2) is 5.85. The van der Waals surface area contributed by atoms with Gasteiger partial charge in [-0.05, 0) is 17.7 Å². The minimum atomic E-state index is -1.08. The van der Waals surface area contributed by atoms with Crippen LogP contribution in [0.1, 0.15) is 5.56 Å². The van der Waals surface area contributed by atoms with Crippen LogP contribution in [0.4, 0.5) is 0 Å². The summed E-state index contributed by atoms with van der Waals surface area (Å²) in [4.78, 5) is 24.2. The summed E-state index contributed by atoms with van der Waals surface area (Å²) in [5, 5.41) is 8.74. The Hall–Kier alpha value is -1.18. The molecule has 0 atom stereocenters. The van der Waals surface area contributed by atoms with Crippen molar-refractivity contribution >= 4 is 62.2 Å². The van der Waals surface area contributed by atoms with Crippen LogP contribution in [0.15, 0.2) is 33.6 Å². The largest absolute Gasteiger partial charge is 0.480 e. The van der Waals surface area contributed by atoms with Gasteiger partial charge in [0.1, 0.15) is 10.9 Å². The smallest absolute Gasteiger partial charge is 0.323 e. The second-order valence-corrected chi connectivity index (χ2v) is 6.21. The van der Waals surface area contributed by atoms with E-state index in [0.29, 0.717) is 4.91 Å². The van der Waals surface area contributed by atoms with Crippen LogP contribution >= 0.6 is 39.9 Å². The Labute approximate surface area is 127 Å². The molecule has 1 fully saturated rings. The third-order valence-corrected chi connectivity index (χ3v) is 4.46. The average Bonchev–Trinajstić information content (AvgIpc) is 2.60. The summed E-state index contributed by atoms with van der Waals surface area (Å²) in [6.45, 7) is -0.405. The molecule has 0 bridgehead atoms. The summed E-state index contributed by atoms with van der Waals surface area (Å²) in [5.74, 6) is -1.45. The van der Waals surface area contributed by atoms with Crippen LogP contribution in [-0.2, 0) is 9.59 Å². The summed E-state index contributed by atoms with van der Waals surface area (Å²) in [5.41, 5.74) is 0.846. The van der Waals surface area contributed by atoms with Crippen LogP contribution in [0.3, 0.4) is 0 Å². The molecular weight excluding hydrogens is 350 g/mol. The number of thiocarbonyl (C=S) groups is 1. The number of carboxylic acids is 1. The second-order valence-electron chi connectivity index (χ2n) is 3.68. The van der Waals surface area contributed by atoms with Gasteiger partial charge < -0.3 is 5.11 Å². The molecule has 0 unspecified atom stereocenters. The predicted molar refractivity (Wildman–Crippen MR) is 81.7 cm³/mol. The maximum Gasteiger partial charge on any atom is 0.323 e. The van der Waals surface area contributed by atoms with E-state index in [1.807, 2.05) is 24.3 Å². The lowest BCUT2D eigenvalue weighted by molar-refractivity contribution is -0.140. The SMILES string of the molecule is O=C(O)CN1C(=O)/C(=C\c2ccccc2Br)SC1=S. The normalized spacial score (nSPS) is 17.3. The molecule has 1 aliphatic heterocycles. The lowest BCUT2D eigenvalue weighted by Crippen LogP contribution is -2.33. The van der Waals surface area contributed by atoms with Gasteiger partial charge in [0.2, 0.25) is 0 Å². The Morgan fingerprint density at radius 3 is 2.79 bits per heavy atom. The fraction of sp³-hybridized carbons (Fsp3) is 0.0833. The van der Waals surface area contributed by atoms with E-state index in [2.05, 4.69) is 15.9 Å². The van der Waals surface area contributed by atoms with E-state index in [9.17, 15) is 9.59 Å². The zero-order valence-electron chi connectivity index (χ0n) is 9.50. The molecule has 1 aliphatic rings. The van der Waals surface area contributed by atoms with Crippen LogP contribution in [0.2, 0.25) is 0 Å². The molecular formula is C12H8BrNO3S2. The van der Waals surface area contributed by atoms with Crippen LogP contribution in [0.5, 0.6) is 0 Å². The zero-order chi connectivity index (χ0) is 14.0. The van der Waals surface area contributed by atoms with Gasteiger partial charge in [0, 0.05) is 4.47 Å². The average molecular weight is 358 g/mol. The number of benzene rings is 1. The number of carboxylic acid groups (broad SMARTS) is 1. The van der Waals surface area contributed by atoms with E-state index in [0.717, 1.165) is 26.7 Å². The number of carbonyl (C=O) groups is 2. The highest BCUT2D eigenvalue weighted by Crippen LogP contribution is 2.33. The van der Waals surface area contributed by atoms with Crippen molar-refractivity contribution in [2.24, 2.45) is 0 Å². The third kappa shape index (κ3) is 3.23. The topological polar surface area (TPSA) is 57.6 Å². The number of halogens is 1. The minimum absolute atomic E-state index is 0.269. The van der Waals surface area contributed by atoms with Gasteiger partial charge in [-0.25, -0.2) is 0 Å². The van der Waals surface area contributed by atoms with Gasteiger partial charge in [-0.1, -0.05) is 58.1 Å². The van der Waals surface area contributed by atoms with Gasteiger partial charge in [-0.15, -0.1) is 0 Å². The number of aliphatic carboxylic acids is 1. The molecule has 0 radical (unpaired) electrons. The molecule has 1 aromatic rings. The van der Waals surface area contributed by atoms with Crippen molar-refractivity contribution in [1.82, 2.24) is 4.90 Å². The van der Waals surface area contributed by atoms with E-state index < -0.39 is 12.5 Å². The molecule has 0 saturated carbocycles. The molecule has 0 aromatic heterocycles. The quantitative estimate of drug-likeness (QED) is 0.665. The first-order valence-electron chi connectivity index (χ1n) is 5.20. The number of hydrogen-bond donors (Lipinski definition) is 1. The number of rotatable bonds is 3. The van der Waals surface area contributed by atoms with Crippen LogP contribution in [-0.4, -0.2) is 32.7 Å². The highest BCUT2D eigenvalue weighted by molar-refractivity contribution is 9.10. The predicted octanol–water partition coefficient (Wildman–Crippen LogP) is 2.73. The van der Waals surface area contributed by atoms with E-state index in [1.165, 1.54) is 0 Å². The number of nitrogens with zero attached hydrogens (tertiary/aromatic N) is 1. The van der Waals surface area contributed by atoms with Crippen molar-refractivity contribution in [3.63, 3.8) is 0 Å². The fourth-order valence-electron chi connectivity index (χ4n) is 1.50. The fourth-order valence-corrected chi connectivity index (χ4v) is 3.15. The van der Waals surface area contributed by atoms with Crippen molar-refractivity contribution in [1.29, 1.82) is 0 Å². The van der Waals surface area contributed by atoms with Crippen molar-refractivity contribution in [2.45, 2.75) is 0 Å². The highest BCUT2D eigenvalue weighted by Gasteiger charge is 2.33. The summed E-state index contributed by atoms with van der Waals surface area (Å²) in [6, 6.07) is 7.45. The Bertz CT molecular complexity index is 600. The Kier molecular flexibility index (Phi) is 4.38. The van der Waals surface area contributed by atoms with Crippen molar-refractivity contribution < 1.29 is 14.7 Å². The van der Waals surface area contributed by atoms with Crippen LogP contribution in [0.25, 0.3) is 6.08 Å². The Balaban J connectivity index is 2.28. The van der Waals surface area contributed by atoms with Gasteiger partial charge in [-0.3, -0.25) is 14.5 Å². The van der Waals surface area contributed by atoms with Gasteiger partial charge >= 0.3 is 5.97 Å². The Morgan fingerprint density at radius 1 is 1.47 bits per heavy atom. The maximum absolute atomic E-state index is 12.0. The summed E-state index contributed by atoms with van der Waals surface area (Å²) in [7, 11) is 0. The van der Waals surface area contributed by atoms with Gasteiger partial charge in [0.25, 0.3) is 5.91 Å². The third-order valence-electron chi connectivity index (χ3n) is 2.36. The van der Waals surface area contributed by atoms with Gasteiger partial charge in [0.15, 0.2) is 0 Å². The summed E-state index contributed by atoms with van der Waals surface area (Å²) >= 11 is 9.51. The van der Waals surface area contributed by atoms with Crippen molar-refractivity contribution in [3.05, 3.63) is 39.2 Å². The van der Waals surface area contributed by atoms with Gasteiger partial charge in [-0.2, -0.15) is 0 Å². The zero-order valence-corrected chi connectivity index (χ0v) is 12.7. The van der Waals surface area contributed by atoms with E-state index in [-0.39, 0.29) is 10.2 Å². The molecule has 19 heavy (non-hydrogen) atoms. The molecule has 2 rings (SSSR count). The van der Waals surface area contributed by atoms with Crippen LogP contribution in [0, 0.1) is 0 Å². The highest BCUT2D eigenvalue weighted by atomic mass is 79.9. The van der Waals surface area contributed by atoms with Crippen molar-refractivity contribution in [3.8, 4) is 0 Å². The maximum atomic E-state index is 12.0. The molecule has 1 amide bonds. The molecule has 4 nitrogen and oxygen atoms in total. The standard InChI is InChI=1S/C12H8BrNO3S2/c13-8-4-2-1-3-7(8)5-9-11(17)14(6-10(15)16)12(18)19-9/h1-5H,6H2,(H,15,16)/b9-5+. The van der Waals surface area contributed by atoms with Gasteiger partial charge in [0.05, 0.1) is 4.91 Å². The number of carbonyl (C=O) groups excluding carboxylic acids is 1. The van der Waals surface area contributed by atoms with Crippen molar-refractivity contribution in [2.75, 3.05) is 6.54 Å². The molecule has 0 spiro atoms. The number of amides is 1. The first kappa shape index (κ1) is 14.2. The van der Waals surface area contributed by atoms with E-state index >= 15 is 0 Å². The molecule has 7 heteroatoms. The molecule has 98 valence electrons. The summed E-state index contributed by atoms with van der Waals surface area (Å²) in [6.07, 6.45) is 1.70. The monoisotopic (exact) mass is 357 g/mol. The molecule has 1 heterocycles. The summed E-state index contributed by atoms with van der Waals surface area (Å²) < 4.78 is 1.13. The molecule has 1 N–H and O–H groups in total. The molecule has 1 aromatic carbocycles.